The third-order valence-corrected chi connectivity index (χ3v) is 9.31. The van der Waals surface area contributed by atoms with Crippen LogP contribution in [0.15, 0.2) is 48.6 Å². The van der Waals surface area contributed by atoms with Crippen molar-refractivity contribution in [2.75, 3.05) is 13.2 Å². The Morgan fingerprint density at radius 1 is 0.500 bits per heavy atom. The third kappa shape index (κ3) is 40.8. The van der Waals surface area contributed by atoms with Crippen LogP contribution in [0.25, 0.3) is 0 Å². The Balaban J connectivity index is 3.97. The van der Waals surface area contributed by atoms with Gasteiger partial charge in [0.25, 0.3) is 0 Å². The molecule has 52 heavy (non-hydrogen) atoms. The van der Waals surface area contributed by atoms with Crippen LogP contribution in [0.2, 0.25) is 0 Å². The van der Waals surface area contributed by atoms with Crippen LogP contribution < -0.4 is 0 Å². The lowest BCUT2D eigenvalue weighted by atomic mass is 10.1. The SMILES string of the molecule is CCCCC/C=C/C/C=C/CCCCCCCCCCCC(=O)O[C@H](COC(=O)CCCC/C=C/C/C=C/CCCCCCCC)COP(=O)(O)O. The Morgan fingerprint density at radius 2 is 0.865 bits per heavy atom. The van der Waals surface area contributed by atoms with Crippen molar-refractivity contribution < 1.29 is 37.9 Å². The molecule has 8 nitrogen and oxygen atoms in total. The molecule has 0 aromatic heterocycles. The van der Waals surface area contributed by atoms with Crippen LogP contribution in [0.1, 0.15) is 194 Å². The molecular formula is C43H77O8P. The second kappa shape index (κ2) is 38.7. The molecule has 0 aromatic carbocycles. The van der Waals surface area contributed by atoms with E-state index in [2.05, 4.69) is 67.0 Å². The van der Waals surface area contributed by atoms with Crippen molar-refractivity contribution in [2.45, 2.75) is 200 Å². The van der Waals surface area contributed by atoms with Crippen LogP contribution in [-0.2, 0) is 28.2 Å². The summed E-state index contributed by atoms with van der Waals surface area (Å²) < 4.78 is 26.3. The second-order valence-electron chi connectivity index (χ2n) is 14.0. The Labute approximate surface area is 318 Å². The topological polar surface area (TPSA) is 119 Å². The normalized spacial score (nSPS) is 12.9. The maximum atomic E-state index is 12.4. The van der Waals surface area contributed by atoms with Crippen LogP contribution in [0.3, 0.4) is 0 Å². The minimum Gasteiger partial charge on any atom is -0.462 e. The predicted molar refractivity (Wildman–Crippen MR) is 216 cm³/mol. The number of carbonyl (C=O) groups is 2. The summed E-state index contributed by atoms with van der Waals surface area (Å²) in [5, 5.41) is 0. The lowest BCUT2D eigenvalue weighted by molar-refractivity contribution is -0.161. The summed E-state index contributed by atoms with van der Waals surface area (Å²) in [6.45, 7) is 3.62. The van der Waals surface area contributed by atoms with Crippen molar-refractivity contribution in [1.82, 2.24) is 0 Å². The van der Waals surface area contributed by atoms with Crippen molar-refractivity contribution in [3.63, 3.8) is 0 Å². The van der Waals surface area contributed by atoms with Gasteiger partial charge in [-0.25, -0.2) is 4.57 Å². The van der Waals surface area contributed by atoms with Gasteiger partial charge in [0, 0.05) is 12.8 Å². The Bertz CT molecular complexity index is 984. The van der Waals surface area contributed by atoms with Crippen LogP contribution in [0.5, 0.6) is 0 Å². The highest BCUT2D eigenvalue weighted by Crippen LogP contribution is 2.36. The Kier molecular flexibility index (Phi) is 37.2. The molecule has 2 N–H and O–H groups in total. The summed E-state index contributed by atoms with van der Waals surface area (Å²) in [7, 11) is -4.76. The average Bonchev–Trinajstić information content (AvgIpc) is 3.11. The molecule has 0 aromatic rings. The zero-order valence-corrected chi connectivity index (χ0v) is 34.1. The van der Waals surface area contributed by atoms with E-state index < -0.39 is 32.5 Å². The molecule has 0 bridgehead atoms. The largest absolute Gasteiger partial charge is 0.469 e. The molecule has 0 fully saturated rings. The maximum absolute atomic E-state index is 12.4. The number of phosphoric acid groups is 1. The molecule has 0 unspecified atom stereocenters. The summed E-state index contributed by atoms with van der Waals surface area (Å²) >= 11 is 0. The fourth-order valence-electron chi connectivity index (χ4n) is 5.67. The molecule has 0 aliphatic carbocycles. The van der Waals surface area contributed by atoms with Gasteiger partial charge in [0.15, 0.2) is 6.10 Å². The van der Waals surface area contributed by atoms with E-state index in [4.69, 9.17) is 19.3 Å². The van der Waals surface area contributed by atoms with E-state index in [0.29, 0.717) is 12.8 Å². The maximum Gasteiger partial charge on any atom is 0.469 e. The van der Waals surface area contributed by atoms with Gasteiger partial charge in [-0.15, -0.1) is 0 Å². The van der Waals surface area contributed by atoms with Gasteiger partial charge in [0.05, 0.1) is 6.61 Å². The number of phosphoric ester groups is 1. The highest BCUT2D eigenvalue weighted by atomic mass is 31.2. The van der Waals surface area contributed by atoms with Gasteiger partial charge in [0.2, 0.25) is 0 Å². The van der Waals surface area contributed by atoms with E-state index in [0.717, 1.165) is 57.8 Å². The van der Waals surface area contributed by atoms with Gasteiger partial charge in [-0.1, -0.05) is 152 Å². The van der Waals surface area contributed by atoms with Crippen LogP contribution in [0.4, 0.5) is 0 Å². The minimum atomic E-state index is -4.76. The summed E-state index contributed by atoms with van der Waals surface area (Å²) in [5.74, 6) is -0.927. The first-order valence-corrected chi connectivity index (χ1v) is 22.5. The van der Waals surface area contributed by atoms with Crippen molar-refractivity contribution in [1.29, 1.82) is 0 Å². The Hall–Kier alpha value is -1.99. The number of rotatable bonds is 38. The first-order chi connectivity index (χ1) is 25.3. The average molecular weight is 753 g/mol. The second-order valence-corrected chi connectivity index (χ2v) is 15.2. The summed E-state index contributed by atoms with van der Waals surface area (Å²) in [6.07, 6.45) is 46.9. The molecule has 302 valence electrons. The monoisotopic (exact) mass is 753 g/mol. The lowest BCUT2D eigenvalue weighted by Gasteiger charge is -2.18. The van der Waals surface area contributed by atoms with Crippen molar-refractivity contribution in [3.05, 3.63) is 48.6 Å². The summed E-state index contributed by atoms with van der Waals surface area (Å²) in [4.78, 5) is 42.8. The fraction of sp³-hybridized carbons (Fsp3) is 0.767. The quantitative estimate of drug-likeness (QED) is 0.0277. The smallest absolute Gasteiger partial charge is 0.462 e. The van der Waals surface area contributed by atoms with E-state index in [1.165, 1.54) is 96.3 Å². The van der Waals surface area contributed by atoms with E-state index in [-0.39, 0.29) is 19.4 Å². The number of esters is 2. The number of hydrogen-bond donors (Lipinski definition) is 2. The van der Waals surface area contributed by atoms with E-state index in [9.17, 15) is 14.2 Å². The van der Waals surface area contributed by atoms with Crippen molar-refractivity contribution >= 4 is 19.8 Å². The number of carbonyl (C=O) groups excluding carboxylic acids is 2. The Morgan fingerprint density at radius 3 is 1.35 bits per heavy atom. The molecule has 0 saturated carbocycles. The summed E-state index contributed by atoms with van der Waals surface area (Å²) in [6, 6.07) is 0. The molecule has 0 radical (unpaired) electrons. The zero-order chi connectivity index (χ0) is 38.2. The number of hydrogen-bond acceptors (Lipinski definition) is 6. The van der Waals surface area contributed by atoms with Crippen LogP contribution >= 0.6 is 7.82 Å². The number of allylic oxidation sites excluding steroid dienone is 8. The highest BCUT2D eigenvalue weighted by Gasteiger charge is 2.22. The van der Waals surface area contributed by atoms with Crippen LogP contribution in [-0.4, -0.2) is 41.0 Å². The standard InChI is InChI=1S/C43H77O8P/c1-3-5-7-9-11-13-15-17-19-20-21-22-24-26-28-30-32-34-36-38-43(45)51-41(40-50-52(46,47)48)39-49-42(44)37-35-33-31-29-27-25-23-18-16-14-12-10-8-6-4-2/h11,13,17-19,23,27,29,41H,3-10,12,14-16,20-22,24-26,28,30-40H2,1-2H3,(H2,46,47,48)/b13-11+,19-17+,23-18+,29-27+/t41-/m1/s1. The third-order valence-electron chi connectivity index (χ3n) is 8.82. The molecule has 0 spiro atoms. The van der Waals surface area contributed by atoms with E-state index in [1.54, 1.807) is 0 Å². The lowest BCUT2D eigenvalue weighted by Crippen LogP contribution is -2.29. The first-order valence-electron chi connectivity index (χ1n) is 20.9. The predicted octanol–water partition coefficient (Wildman–Crippen LogP) is 12.7. The van der Waals surface area contributed by atoms with E-state index >= 15 is 0 Å². The zero-order valence-electron chi connectivity index (χ0n) is 33.2. The molecule has 9 heteroatoms. The minimum absolute atomic E-state index is 0.199. The van der Waals surface area contributed by atoms with Gasteiger partial charge in [-0.3, -0.25) is 14.1 Å². The van der Waals surface area contributed by atoms with Gasteiger partial charge in [-0.05, 0) is 77.0 Å². The molecule has 0 saturated heterocycles. The number of unbranched alkanes of at least 4 members (excludes halogenated alkanes) is 20. The van der Waals surface area contributed by atoms with Crippen molar-refractivity contribution in [3.8, 4) is 0 Å². The molecule has 1 atom stereocenters. The molecule has 0 heterocycles. The van der Waals surface area contributed by atoms with Gasteiger partial charge < -0.3 is 19.3 Å². The molecule has 0 aliphatic rings. The number of ether oxygens (including phenoxy) is 2. The van der Waals surface area contributed by atoms with Gasteiger partial charge >= 0.3 is 19.8 Å². The molecule has 0 aliphatic heterocycles. The molecule has 0 rings (SSSR count). The highest BCUT2D eigenvalue weighted by molar-refractivity contribution is 7.46. The summed E-state index contributed by atoms with van der Waals surface area (Å²) in [5.41, 5.74) is 0. The van der Waals surface area contributed by atoms with Gasteiger partial charge in [-0.2, -0.15) is 0 Å². The van der Waals surface area contributed by atoms with Crippen molar-refractivity contribution in [2.24, 2.45) is 0 Å². The molecule has 0 amide bonds. The van der Waals surface area contributed by atoms with E-state index in [1.807, 2.05) is 0 Å². The molecular weight excluding hydrogens is 675 g/mol. The van der Waals surface area contributed by atoms with Gasteiger partial charge in [0.1, 0.15) is 6.61 Å². The van der Waals surface area contributed by atoms with Crippen LogP contribution in [0, 0.1) is 0 Å². The fourth-order valence-corrected chi connectivity index (χ4v) is 6.03. The first kappa shape index (κ1) is 50.0.